The molecule has 0 radical (unpaired) electrons. The molecule has 15 rings (SSSR count). The molecule has 0 saturated heterocycles. The first-order valence-corrected chi connectivity index (χ1v) is 24.1. The van der Waals surface area contributed by atoms with Crippen molar-refractivity contribution in [3.8, 4) is 55.6 Å². The van der Waals surface area contributed by atoms with Crippen LogP contribution in [0, 0.1) is 0 Å². The van der Waals surface area contributed by atoms with E-state index in [2.05, 4.69) is 241 Å². The summed E-state index contributed by atoms with van der Waals surface area (Å²) in [6.45, 7) is 0. The van der Waals surface area contributed by atoms with E-state index in [-0.39, 0.29) is 0 Å². The van der Waals surface area contributed by atoms with E-state index in [0.29, 0.717) is 0 Å². The quantitative estimate of drug-likeness (QED) is 0.167. The Morgan fingerprint density at radius 3 is 1.54 bits per heavy atom. The van der Waals surface area contributed by atoms with E-state index in [4.69, 9.17) is 8.83 Å². The van der Waals surface area contributed by atoms with Gasteiger partial charge in [-0.15, -0.1) is 0 Å². The summed E-state index contributed by atoms with van der Waals surface area (Å²) in [7, 11) is 0. The molecule has 0 unspecified atom stereocenters. The first-order valence-electron chi connectivity index (χ1n) is 24.1. The van der Waals surface area contributed by atoms with Gasteiger partial charge in [-0.1, -0.05) is 200 Å². The summed E-state index contributed by atoms with van der Waals surface area (Å²) in [6, 6.07) is 90.3. The van der Waals surface area contributed by atoms with Gasteiger partial charge in [-0.25, -0.2) is 0 Å². The Balaban J connectivity index is 0.916. The van der Waals surface area contributed by atoms with Gasteiger partial charge in [-0.3, -0.25) is 0 Å². The molecular weight excluding hydrogens is 851 g/mol. The molecule has 3 heteroatoms. The van der Waals surface area contributed by atoms with Crippen LogP contribution < -0.4 is 4.90 Å². The average Bonchev–Trinajstić information content (AvgIpc) is 4.16. The SMILES string of the molecule is c1ccc(-c2cccc(N(c3ccc(-c4cccc5c4oc4c(-c6ccccc6)c6c(cc45)oc4ccccc46)cc3)c3ccc4c(c3)C3(c5ccccc5-c5ccccc53)c3ccccc3-4)c2)cc1. The maximum Gasteiger partial charge on any atom is 0.144 e. The van der Waals surface area contributed by atoms with Gasteiger partial charge >= 0.3 is 0 Å². The highest BCUT2D eigenvalue weighted by atomic mass is 16.3. The summed E-state index contributed by atoms with van der Waals surface area (Å²) in [5, 5.41) is 4.23. The molecule has 2 aliphatic carbocycles. The number of anilines is 3. The fourth-order valence-corrected chi connectivity index (χ4v) is 12.2. The number of rotatable bonds is 6. The number of furan rings is 2. The van der Waals surface area contributed by atoms with E-state index >= 15 is 0 Å². The van der Waals surface area contributed by atoms with E-state index in [1.165, 1.54) is 50.1 Å². The zero-order valence-electron chi connectivity index (χ0n) is 37.9. The van der Waals surface area contributed by atoms with Gasteiger partial charge in [0.2, 0.25) is 0 Å². The molecule has 0 amide bonds. The second-order valence-electron chi connectivity index (χ2n) is 18.7. The van der Waals surface area contributed by atoms with Crippen LogP contribution in [0.4, 0.5) is 17.1 Å². The van der Waals surface area contributed by atoms with Crippen molar-refractivity contribution >= 4 is 60.9 Å². The number of hydrogen-bond donors (Lipinski definition) is 0. The largest absolute Gasteiger partial charge is 0.456 e. The highest BCUT2D eigenvalue weighted by molar-refractivity contribution is 6.24. The summed E-state index contributed by atoms with van der Waals surface area (Å²) < 4.78 is 13.7. The highest BCUT2D eigenvalue weighted by Gasteiger charge is 2.51. The van der Waals surface area contributed by atoms with Crippen LogP contribution in [0.3, 0.4) is 0 Å². The minimum atomic E-state index is -0.460. The molecule has 0 saturated carbocycles. The molecule has 0 fully saturated rings. The van der Waals surface area contributed by atoms with Crippen molar-refractivity contribution in [2.24, 2.45) is 0 Å². The van der Waals surface area contributed by atoms with Gasteiger partial charge in [-0.2, -0.15) is 0 Å². The number of nitrogens with zero attached hydrogens (tertiary/aromatic N) is 1. The van der Waals surface area contributed by atoms with E-state index in [0.717, 1.165) is 88.8 Å². The van der Waals surface area contributed by atoms with E-state index in [1.54, 1.807) is 0 Å². The van der Waals surface area contributed by atoms with Crippen molar-refractivity contribution in [2.75, 3.05) is 4.90 Å². The molecule has 11 aromatic carbocycles. The predicted molar refractivity (Wildman–Crippen MR) is 288 cm³/mol. The van der Waals surface area contributed by atoms with Crippen LogP contribution in [0.2, 0.25) is 0 Å². The van der Waals surface area contributed by atoms with Gasteiger partial charge in [-0.05, 0) is 115 Å². The molecule has 3 nitrogen and oxygen atoms in total. The van der Waals surface area contributed by atoms with Crippen LogP contribution in [0.5, 0.6) is 0 Å². The minimum Gasteiger partial charge on any atom is -0.456 e. The second kappa shape index (κ2) is 14.9. The van der Waals surface area contributed by atoms with E-state index in [9.17, 15) is 0 Å². The maximum atomic E-state index is 7.13. The van der Waals surface area contributed by atoms with Crippen molar-refractivity contribution in [2.45, 2.75) is 5.41 Å². The lowest BCUT2D eigenvalue weighted by atomic mass is 9.70. The fourth-order valence-electron chi connectivity index (χ4n) is 12.2. The third-order valence-corrected chi connectivity index (χ3v) is 15.1. The first kappa shape index (κ1) is 38.9. The molecule has 0 bridgehead atoms. The van der Waals surface area contributed by atoms with Crippen LogP contribution in [0.1, 0.15) is 22.3 Å². The van der Waals surface area contributed by atoms with Gasteiger partial charge in [0.25, 0.3) is 0 Å². The lowest BCUT2D eigenvalue weighted by Crippen LogP contribution is -2.26. The molecule has 0 atom stereocenters. The van der Waals surface area contributed by atoms with Crippen molar-refractivity contribution < 1.29 is 8.83 Å². The van der Waals surface area contributed by atoms with Gasteiger partial charge in [0.05, 0.1) is 5.41 Å². The predicted octanol–water partition coefficient (Wildman–Crippen LogP) is 18.3. The van der Waals surface area contributed by atoms with Crippen molar-refractivity contribution in [3.05, 3.63) is 271 Å². The molecule has 2 aromatic heterocycles. The topological polar surface area (TPSA) is 29.5 Å². The molecule has 13 aromatic rings. The Labute approximate surface area is 404 Å². The zero-order valence-corrected chi connectivity index (χ0v) is 37.9. The summed E-state index contributed by atoms with van der Waals surface area (Å²) in [5.74, 6) is 0. The lowest BCUT2D eigenvalue weighted by molar-refractivity contribution is 0.665. The first-order chi connectivity index (χ1) is 34.7. The lowest BCUT2D eigenvalue weighted by Gasteiger charge is -2.32. The Hall–Kier alpha value is -9.18. The van der Waals surface area contributed by atoms with Crippen LogP contribution in [-0.4, -0.2) is 0 Å². The minimum absolute atomic E-state index is 0.460. The Kier molecular flexibility index (Phi) is 8.28. The van der Waals surface area contributed by atoms with Gasteiger partial charge in [0.1, 0.15) is 22.3 Å². The normalized spacial score (nSPS) is 13.0. The fraction of sp³-hybridized carbons (Fsp3) is 0.0149. The molecule has 70 heavy (non-hydrogen) atoms. The third kappa shape index (κ3) is 5.46. The van der Waals surface area contributed by atoms with E-state index in [1.807, 2.05) is 12.1 Å². The summed E-state index contributed by atoms with van der Waals surface area (Å²) >= 11 is 0. The van der Waals surface area contributed by atoms with Crippen LogP contribution in [0.15, 0.2) is 258 Å². The number of para-hydroxylation sites is 2. The second-order valence-corrected chi connectivity index (χ2v) is 18.7. The molecule has 2 aliphatic rings. The Morgan fingerprint density at radius 2 is 0.829 bits per heavy atom. The number of hydrogen-bond acceptors (Lipinski definition) is 3. The monoisotopic (exact) mass is 891 g/mol. The Bertz CT molecular complexity index is 4170. The van der Waals surface area contributed by atoms with Crippen LogP contribution in [-0.2, 0) is 5.41 Å². The zero-order chi connectivity index (χ0) is 45.9. The number of benzene rings is 11. The molecule has 2 heterocycles. The molecule has 0 N–H and O–H groups in total. The van der Waals surface area contributed by atoms with Crippen LogP contribution >= 0.6 is 0 Å². The third-order valence-electron chi connectivity index (χ3n) is 15.1. The standard InChI is InChI=1S/C67H41NO2/c1-3-17-42(18-4-1)45-21-15-22-47(39-45)68(48-37-38-53-52-25-9-13-31-59(52)67(60(53)40-48)57-29-11-7-23-50(57)51-24-8-12-30-58(51)67)46-35-33-43(34-36-46)49-27-16-28-54-56-41-62-64(55-26-10-14-32-61(55)69-62)63(66(56)70-65(49)54)44-19-5-2-6-20-44/h1-41H. The van der Waals surface area contributed by atoms with Gasteiger partial charge in [0.15, 0.2) is 0 Å². The number of fused-ring (bicyclic) bond motifs is 16. The van der Waals surface area contributed by atoms with Gasteiger partial charge < -0.3 is 13.7 Å². The van der Waals surface area contributed by atoms with Gasteiger partial charge in [0, 0.05) is 49.7 Å². The average molecular weight is 892 g/mol. The van der Waals surface area contributed by atoms with Crippen molar-refractivity contribution in [3.63, 3.8) is 0 Å². The molecule has 326 valence electrons. The maximum absolute atomic E-state index is 7.13. The summed E-state index contributed by atoms with van der Waals surface area (Å²) in [4.78, 5) is 2.42. The molecular formula is C67H41NO2. The summed E-state index contributed by atoms with van der Waals surface area (Å²) in [5.41, 5.74) is 23.2. The molecule has 1 spiro atoms. The summed E-state index contributed by atoms with van der Waals surface area (Å²) in [6.07, 6.45) is 0. The smallest absolute Gasteiger partial charge is 0.144 e. The highest BCUT2D eigenvalue weighted by Crippen LogP contribution is 2.63. The molecule has 0 aliphatic heterocycles. The Morgan fingerprint density at radius 1 is 0.286 bits per heavy atom. The van der Waals surface area contributed by atoms with Crippen molar-refractivity contribution in [1.29, 1.82) is 0 Å². The van der Waals surface area contributed by atoms with Crippen molar-refractivity contribution in [1.82, 2.24) is 0 Å². The van der Waals surface area contributed by atoms with Crippen LogP contribution in [0.25, 0.3) is 99.5 Å². The van der Waals surface area contributed by atoms with E-state index < -0.39 is 5.41 Å².